The lowest BCUT2D eigenvalue weighted by atomic mass is 9.95. The van der Waals surface area contributed by atoms with Gasteiger partial charge < -0.3 is 14.9 Å². The van der Waals surface area contributed by atoms with Crippen LogP contribution < -0.4 is 0 Å². The van der Waals surface area contributed by atoms with E-state index in [2.05, 4.69) is 9.88 Å². The van der Waals surface area contributed by atoms with Crippen LogP contribution >= 0.6 is 0 Å². The van der Waals surface area contributed by atoms with E-state index in [-0.39, 0.29) is 23.6 Å². The second-order valence-corrected chi connectivity index (χ2v) is 7.10. The second-order valence-electron chi connectivity index (χ2n) is 7.10. The molecule has 0 saturated carbocycles. The Morgan fingerprint density at radius 3 is 2.29 bits per heavy atom. The van der Waals surface area contributed by atoms with Gasteiger partial charge in [0.05, 0.1) is 16.5 Å². The molecule has 2 heterocycles. The number of rotatable bonds is 8. The van der Waals surface area contributed by atoms with Crippen LogP contribution in [0.3, 0.4) is 0 Å². The Kier molecular flexibility index (Phi) is 6.76. The summed E-state index contributed by atoms with van der Waals surface area (Å²) in [6.07, 6.45) is 2.96. The predicted octanol–water partition coefficient (Wildman–Crippen LogP) is 2.75. The van der Waals surface area contributed by atoms with E-state index in [0.717, 1.165) is 13.1 Å². The number of amides is 1. The maximum atomic E-state index is 12.9. The van der Waals surface area contributed by atoms with Crippen molar-refractivity contribution in [3.05, 3.63) is 75.6 Å². The minimum Gasteiger partial charge on any atom is -0.507 e. The summed E-state index contributed by atoms with van der Waals surface area (Å²) in [7, 11) is 0. The van der Waals surface area contributed by atoms with Gasteiger partial charge in [0, 0.05) is 43.2 Å². The van der Waals surface area contributed by atoms with Crippen LogP contribution in [0.25, 0.3) is 5.76 Å². The number of ketones is 1. The van der Waals surface area contributed by atoms with Gasteiger partial charge in [-0.25, -0.2) is 0 Å². The average molecular weight is 424 g/mol. The first-order valence-electron chi connectivity index (χ1n) is 10.0. The summed E-state index contributed by atoms with van der Waals surface area (Å²) in [5, 5.41) is 21.9. The third kappa shape index (κ3) is 4.46. The van der Waals surface area contributed by atoms with E-state index >= 15 is 0 Å². The van der Waals surface area contributed by atoms with Crippen LogP contribution in [0.5, 0.6) is 0 Å². The summed E-state index contributed by atoms with van der Waals surface area (Å²) in [4.78, 5) is 43.8. The first-order chi connectivity index (χ1) is 14.9. The third-order valence-electron chi connectivity index (χ3n) is 5.46. The number of nitro benzene ring substituents is 1. The fourth-order valence-corrected chi connectivity index (χ4v) is 3.69. The molecule has 0 bridgehead atoms. The Morgan fingerprint density at radius 1 is 1.13 bits per heavy atom. The van der Waals surface area contributed by atoms with Gasteiger partial charge in [0.1, 0.15) is 5.76 Å². The molecule has 1 aromatic carbocycles. The number of hydrogen-bond donors (Lipinski definition) is 1. The molecule has 31 heavy (non-hydrogen) atoms. The maximum absolute atomic E-state index is 12.9. The lowest BCUT2D eigenvalue weighted by Gasteiger charge is -2.28. The molecule has 1 unspecified atom stereocenters. The molecule has 1 aliphatic heterocycles. The molecule has 1 N–H and O–H groups in total. The summed E-state index contributed by atoms with van der Waals surface area (Å²) in [5.74, 6) is -1.78. The van der Waals surface area contributed by atoms with E-state index in [1.165, 1.54) is 41.6 Å². The molecule has 1 amide bonds. The molecule has 0 radical (unpaired) electrons. The first kappa shape index (κ1) is 22.1. The summed E-state index contributed by atoms with van der Waals surface area (Å²) in [6, 6.07) is 7.93. The van der Waals surface area contributed by atoms with Gasteiger partial charge in [0.15, 0.2) is 0 Å². The van der Waals surface area contributed by atoms with Gasteiger partial charge in [-0.1, -0.05) is 13.8 Å². The normalized spacial score (nSPS) is 18.0. The number of pyridine rings is 1. The van der Waals surface area contributed by atoms with E-state index in [1.54, 1.807) is 12.1 Å². The molecule has 0 spiro atoms. The minimum atomic E-state index is -0.843. The van der Waals surface area contributed by atoms with Crippen molar-refractivity contribution in [2.24, 2.45) is 0 Å². The van der Waals surface area contributed by atoms with Crippen LogP contribution in [0.2, 0.25) is 0 Å². The zero-order valence-electron chi connectivity index (χ0n) is 17.4. The van der Waals surface area contributed by atoms with Gasteiger partial charge in [-0.3, -0.25) is 24.7 Å². The highest BCUT2D eigenvalue weighted by atomic mass is 16.6. The Labute approximate surface area is 179 Å². The summed E-state index contributed by atoms with van der Waals surface area (Å²) >= 11 is 0. The first-order valence-corrected chi connectivity index (χ1v) is 10.0. The molecule has 2 aromatic rings. The fourth-order valence-electron chi connectivity index (χ4n) is 3.69. The molecular weight excluding hydrogens is 400 g/mol. The number of hydrogen-bond acceptors (Lipinski definition) is 7. The molecule has 9 nitrogen and oxygen atoms in total. The standard InChI is InChI=1S/C22H24N4O5/c1-3-24(4-2)13-14-25-19(15-5-7-17(8-6-15)26(30)31)18(21(28)22(25)29)20(27)16-9-11-23-12-10-16/h5-12,19,27H,3-4,13-14H2,1-2H3. The average Bonchev–Trinajstić information content (AvgIpc) is 3.04. The van der Waals surface area contributed by atoms with Crippen molar-refractivity contribution in [2.45, 2.75) is 19.9 Å². The number of nitro groups is 1. The number of likely N-dealkylation sites (N-methyl/N-ethyl adjacent to an activating group) is 1. The molecule has 1 fully saturated rings. The van der Waals surface area contributed by atoms with Gasteiger partial charge in [0.2, 0.25) is 0 Å². The van der Waals surface area contributed by atoms with Crippen LogP contribution in [0, 0.1) is 10.1 Å². The van der Waals surface area contributed by atoms with E-state index in [1.807, 2.05) is 13.8 Å². The molecule has 9 heteroatoms. The van der Waals surface area contributed by atoms with Crippen molar-refractivity contribution in [1.29, 1.82) is 0 Å². The minimum absolute atomic E-state index is 0.0374. The largest absolute Gasteiger partial charge is 0.507 e. The molecule has 1 atom stereocenters. The number of aliphatic hydroxyl groups is 1. The summed E-state index contributed by atoms with van der Waals surface area (Å²) < 4.78 is 0. The number of likely N-dealkylation sites (tertiary alicyclic amines) is 1. The molecule has 162 valence electrons. The number of benzene rings is 1. The fraction of sp³-hybridized carbons (Fsp3) is 0.318. The van der Waals surface area contributed by atoms with Gasteiger partial charge in [-0.05, 0) is 42.9 Å². The Morgan fingerprint density at radius 2 is 1.74 bits per heavy atom. The smallest absolute Gasteiger partial charge is 0.295 e. The zero-order chi connectivity index (χ0) is 22.5. The van der Waals surface area contributed by atoms with Crippen LogP contribution in [0.15, 0.2) is 54.4 Å². The SMILES string of the molecule is CCN(CC)CCN1C(=O)C(=O)C(=C(O)c2ccncc2)C1c1ccc([N+](=O)[O-])cc1. The highest BCUT2D eigenvalue weighted by molar-refractivity contribution is 6.46. The van der Waals surface area contributed by atoms with E-state index in [9.17, 15) is 24.8 Å². The number of aromatic nitrogens is 1. The number of carbonyl (C=O) groups excluding carboxylic acids is 2. The number of Topliss-reactive ketones (excluding diaryl/α,β-unsaturated/α-hetero) is 1. The Bertz CT molecular complexity index is 1000. The van der Waals surface area contributed by atoms with Gasteiger partial charge in [0.25, 0.3) is 17.4 Å². The van der Waals surface area contributed by atoms with Crippen LogP contribution in [-0.2, 0) is 9.59 Å². The van der Waals surface area contributed by atoms with Crippen LogP contribution in [0.4, 0.5) is 5.69 Å². The molecule has 1 saturated heterocycles. The molecular formula is C22H24N4O5. The molecule has 1 aromatic heterocycles. The van der Waals surface area contributed by atoms with E-state index in [0.29, 0.717) is 17.7 Å². The number of aliphatic hydroxyl groups excluding tert-OH is 1. The predicted molar refractivity (Wildman–Crippen MR) is 114 cm³/mol. The third-order valence-corrected chi connectivity index (χ3v) is 5.46. The van der Waals surface area contributed by atoms with Crippen molar-refractivity contribution >= 4 is 23.1 Å². The number of non-ortho nitro benzene ring substituents is 1. The van der Waals surface area contributed by atoms with Crippen molar-refractivity contribution in [2.75, 3.05) is 26.2 Å². The van der Waals surface area contributed by atoms with Gasteiger partial charge in [-0.2, -0.15) is 0 Å². The lowest BCUT2D eigenvalue weighted by Crippen LogP contribution is -2.38. The monoisotopic (exact) mass is 424 g/mol. The molecule has 1 aliphatic rings. The van der Waals surface area contributed by atoms with Gasteiger partial charge >= 0.3 is 0 Å². The number of nitrogens with zero attached hydrogens (tertiary/aromatic N) is 4. The molecule has 0 aliphatic carbocycles. The maximum Gasteiger partial charge on any atom is 0.295 e. The van der Waals surface area contributed by atoms with Crippen molar-refractivity contribution in [3.8, 4) is 0 Å². The number of carbonyl (C=O) groups is 2. The lowest BCUT2D eigenvalue weighted by molar-refractivity contribution is -0.384. The summed E-state index contributed by atoms with van der Waals surface area (Å²) in [5.41, 5.74) is 0.742. The second kappa shape index (κ2) is 9.48. The van der Waals surface area contributed by atoms with E-state index in [4.69, 9.17) is 0 Å². The van der Waals surface area contributed by atoms with E-state index < -0.39 is 22.7 Å². The van der Waals surface area contributed by atoms with Crippen LogP contribution in [-0.4, -0.2) is 62.7 Å². The van der Waals surface area contributed by atoms with Crippen LogP contribution in [0.1, 0.15) is 31.0 Å². The zero-order valence-corrected chi connectivity index (χ0v) is 17.4. The van der Waals surface area contributed by atoms with Crippen molar-refractivity contribution in [3.63, 3.8) is 0 Å². The van der Waals surface area contributed by atoms with Crippen molar-refractivity contribution in [1.82, 2.24) is 14.8 Å². The van der Waals surface area contributed by atoms with Gasteiger partial charge in [-0.15, -0.1) is 0 Å². The quantitative estimate of drug-likeness (QED) is 0.228. The topological polar surface area (TPSA) is 117 Å². The van der Waals surface area contributed by atoms with Crippen molar-refractivity contribution < 1.29 is 19.6 Å². The Hall–Kier alpha value is -3.59. The Balaban J connectivity index is 2.09. The highest BCUT2D eigenvalue weighted by Crippen LogP contribution is 2.39. The highest BCUT2D eigenvalue weighted by Gasteiger charge is 2.46. The molecule has 3 rings (SSSR count). The summed E-state index contributed by atoms with van der Waals surface area (Å²) in [6.45, 7) is 6.43.